The second kappa shape index (κ2) is 8.64. The SMILES string of the molecule is Cc1cccnc1-n1c(C)cc([C@@H]2[C@H](c3ccccn3)NC(=S)N2C[C@@H]2CCCO2)c1C. The molecule has 0 unspecified atom stereocenters. The van der Waals surface area contributed by atoms with Gasteiger partial charge in [-0.1, -0.05) is 12.1 Å². The van der Waals surface area contributed by atoms with Gasteiger partial charge in [-0.05, 0) is 81.2 Å². The minimum absolute atomic E-state index is 0.0242. The summed E-state index contributed by atoms with van der Waals surface area (Å²) in [5.74, 6) is 0.974. The predicted molar refractivity (Wildman–Crippen MR) is 129 cm³/mol. The predicted octanol–water partition coefficient (Wildman–Crippen LogP) is 4.34. The Hall–Kier alpha value is -2.77. The molecule has 0 bridgehead atoms. The smallest absolute Gasteiger partial charge is 0.170 e. The second-order valence-electron chi connectivity index (χ2n) is 8.72. The molecule has 2 saturated heterocycles. The lowest BCUT2D eigenvalue weighted by Gasteiger charge is -2.30. The fourth-order valence-electron chi connectivity index (χ4n) is 5.07. The van der Waals surface area contributed by atoms with E-state index in [2.05, 4.69) is 63.7 Å². The largest absolute Gasteiger partial charge is 0.376 e. The van der Waals surface area contributed by atoms with E-state index in [4.69, 9.17) is 17.0 Å². The van der Waals surface area contributed by atoms with E-state index in [1.807, 2.05) is 30.6 Å². The molecule has 0 radical (unpaired) electrons. The average molecular weight is 448 g/mol. The Labute approximate surface area is 194 Å². The molecule has 166 valence electrons. The van der Waals surface area contributed by atoms with Crippen molar-refractivity contribution in [1.82, 2.24) is 24.8 Å². The van der Waals surface area contributed by atoms with Gasteiger partial charge in [0.25, 0.3) is 0 Å². The number of aromatic nitrogens is 3. The molecule has 2 fully saturated rings. The number of hydrogen-bond acceptors (Lipinski definition) is 4. The lowest BCUT2D eigenvalue weighted by molar-refractivity contribution is 0.0842. The van der Waals surface area contributed by atoms with Crippen LogP contribution in [0.25, 0.3) is 5.82 Å². The monoisotopic (exact) mass is 447 g/mol. The van der Waals surface area contributed by atoms with Gasteiger partial charge in [0.05, 0.1) is 23.9 Å². The maximum absolute atomic E-state index is 5.97. The number of hydrogen-bond donors (Lipinski definition) is 1. The quantitative estimate of drug-likeness (QED) is 0.587. The van der Waals surface area contributed by atoms with E-state index in [0.29, 0.717) is 0 Å². The molecule has 6 nitrogen and oxygen atoms in total. The van der Waals surface area contributed by atoms with E-state index < -0.39 is 0 Å². The fraction of sp³-hybridized carbons (Fsp3) is 0.400. The number of pyridine rings is 2. The molecule has 3 aromatic rings. The first-order valence-electron chi connectivity index (χ1n) is 11.2. The van der Waals surface area contributed by atoms with Crippen LogP contribution in [-0.2, 0) is 4.74 Å². The summed E-state index contributed by atoms with van der Waals surface area (Å²) in [6.07, 6.45) is 6.10. The molecule has 2 aliphatic rings. The Bertz CT molecular complexity index is 1120. The van der Waals surface area contributed by atoms with Crippen LogP contribution in [0, 0.1) is 20.8 Å². The number of nitrogens with one attached hydrogen (secondary N) is 1. The number of rotatable bonds is 5. The molecule has 3 atom stereocenters. The Kier molecular flexibility index (Phi) is 5.69. The van der Waals surface area contributed by atoms with Gasteiger partial charge >= 0.3 is 0 Å². The van der Waals surface area contributed by atoms with E-state index in [9.17, 15) is 0 Å². The first-order valence-corrected chi connectivity index (χ1v) is 11.7. The topological polar surface area (TPSA) is 55.2 Å². The zero-order valence-corrected chi connectivity index (χ0v) is 19.6. The molecular formula is C25H29N5OS. The van der Waals surface area contributed by atoms with Crippen LogP contribution in [0.3, 0.4) is 0 Å². The molecule has 0 aromatic carbocycles. The lowest BCUT2D eigenvalue weighted by Crippen LogP contribution is -2.36. The Balaban J connectivity index is 1.60. The van der Waals surface area contributed by atoms with Gasteiger partial charge in [-0.2, -0.15) is 0 Å². The zero-order chi connectivity index (χ0) is 22.2. The summed E-state index contributed by atoms with van der Waals surface area (Å²) >= 11 is 5.84. The summed E-state index contributed by atoms with van der Waals surface area (Å²) in [6.45, 7) is 8.04. The van der Waals surface area contributed by atoms with Crippen LogP contribution >= 0.6 is 12.2 Å². The van der Waals surface area contributed by atoms with Gasteiger partial charge in [0.1, 0.15) is 5.82 Å². The first-order chi connectivity index (χ1) is 15.5. The van der Waals surface area contributed by atoms with Crippen molar-refractivity contribution < 1.29 is 4.74 Å². The molecule has 0 spiro atoms. The first kappa shape index (κ1) is 21.1. The molecule has 0 amide bonds. The maximum atomic E-state index is 5.97. The number of aryl methyl sites for hydroxylation is 2. The van der Waals surface area contributed by atoms with Crippen molar-refractivity contribution in [2.45, 2.75) is 51.8 Å². The second-order valence-corrected chi connectivity index (χ2v) is 9.11. The minimum atomic E-state index is -0.0242. The highest BCUT2D eigenvalue weighted by atomic mass is 32.1. The molecule has 1 N–H and O–H groups in total. The van der Waals surface area contributed by atoms with Gasteiger partial charge in [-0.3, -0.25) is 4.98 Å². The van der Waals surface area contributed by atoms with Crippen molar-refractivity contribution in [2.24, 2.45) is 0 Å². The average Bonchev–Trinajstić information content (AvgIpc) is 3.49. The highest BCUT2D eigenvalue weighted by Gasteiger charge is 2.42. The van der Waals surface area contributed by atoms with Crippen LogP contribution in [0.2, 0.25) is 0 Å². The third-order valence-electron chi connectivity index (χ3n) is 6.60. The van der Waals surface area contributed by atoms with Crippen LogP contribution < -0.4 is 5.32 Å². The van der Waals surface area contributed by atoms with Gasteiger partial charge in [-0.25, -0.2) is 4.98 Å². The van der Waals surface area contributed by atoms with E-state index in [0.717, 1.165) is 53.9 Å². The van der Waals surface area contributed by atoms with Gasteiger partial charge in [-0.15, -0.1) is 0 Å². The van der Waals surface area contributed by atoms with Crippen molar-refractivity contribution in [2.75, 3.05) is 13.2 Å². The minimum Gasteiger partial charge on any atom is -0.376 e. The summed E-state index contributed by atoms with van der Waals surface area (Å²) in [6, 6.07) is 12.4. The Morgan fingerprint density at radius 2 is 1.97 bits per heavy atom. The molecule has 0 saturated carbocycles. The molecule has 2 aliphatic heterocycles. The van der Waals surface area contributed by atoms with Crippen molar-refractivity contribution in [3.05, 3.63) is 77.0 Å². The Morgan fingerprint density at radius 3 is 2.69 bits per heavy atom. The Morgan fingerprint density at radius 1 is 1.12 bits per heavy atom. The summed E-state index contributed by atoms with van der Waals surface area (Å²) < 4.78 is 8.23. The van der Waals surface area contributed by atoms with Crippen molar-refractivity contribution in [3.63, 3.8) is 0 Å². The fourth-order valence-corrected chi connectivity index (χ4v) is 5.39. The number of thiocarbonyl (C=S) groups is 1. The molecule has 7 heteroatoms. The standard InChI is InChI=1S/C25H29N5OS/c1-16-8-6-12-27-24(16)30-17(2)14-20(18(30)3)23-22(21-10-4-5-11-26-21)28-25(32)29(23)15-19-9-7-13-31-19/h4-6,8,10-12,14,19,22-23H,7,9,13,15H2,1-3H3,(H,28,32)/t19-,22-,23+/m0/s1. The molecule has 5 rings (SSSR count). The summed E-state index contributed by atoms with van der Waals surface area (Å²) in [7, 11) is 0. The van der Waals surface area contributed by atoms with Gasteiger partial charge in [0, 0.05) is 36.9 Å². The number of nitrogens with zero attached hydrogens (tertiary/aromatic N) is 4. The van der Waals surface area contributed by atoms with E-state index in [-0.39, 0.29) is 18.2 Å². The van der Waals surface area contributed by atoms with Gasteiger partial charge < -0.3 is 19.5 Å². The van der Waals surface area contributed by atoms with Gasteiger partial charge in [0.15, 0.2) is 5.11 Å². The van der Waals surface area contributed by atoms with Crippen LogP contribution in [0.5, 0.6) is 0 Å². The molecular weight excluding hydrogens is 418 g/mol. The molecule has 3 aromatic heterocycles. The third kappa shape index (κ3) is 3.69. The highest BCUT2D eigenvalue weighted by Crippen LogP contribution is 2.42. The van der Waals surface area contributed by atoms with Crippen LogP contribution in [0.1, 0.15) is 53.1 Å². The van der Waals surface area contributed by atoms with Crippen molar-refractivity contribution in [1.29, 1.82) is 0 Å². The van der Waals surface area contributed by atoms with Crippen molar-refractivity contribution in [3.8, 4) is 5.82 Å². The van der Waals surface area contributed by atoms with Crippen LogP contribution in [0.15, 0.2) is 48.8 Å². The molecule has 5 heterocycles. The van der Waals surface area contributed by atoms with E-state index >= 15 is 0 Å². The van der Waals surface area contributed by atoms with E-state index in [1.165, 1.54) is 11.3 Å². The molecule has 0 aliphatic carbocycles. The number of ether oxygens (including phenoxy) is 1. The molecule has 32 heavy (non-hydrogen) atoms. The van der Waals surface area contributed by atoms with Crippen LogP contribution in [0.4, 0.5) is 0 Å². The van der Waals surface area contributed by atoms with Gasteiger partial charge in [0.2, 0.25) is 0 Å². The highest BCUT2D eigenvalue weighted by molar-refractivity contribution is 7.80. The zero-order valence-electron chi connectivity index (χ0n) is 18.8. The normalized spacial score (nSPS) is 23.0. The third-order valence-corrected chi connectivity index (χ3v) is 6.96. The summed E-state index contributed by atoms with van der Waals surface area (Å²) in [4.78, 5) is 11.7. The summed E-state index contributed by atoms with van der Waals surface area (Å²) in [5.41, 5.74) is 5.73. The van der Waals surface area contributed by atoms with Crippen LogP contribution in [-0.4, -0.2) is 43.8 Å². The van der Waals surface area contributed by atoms with Crippen molar-refractivity contribution >= 4 is 17.3 Å². The van der Waals surface area contributed by atoms with E-state index in [1.54, 1.807) is 0 Å². The summed E-state index contributed by atoms with van der Waals surface area (Å²) in [5, 5.41) is 4.33. The lowest BCUT2D eigenvalue weighted by atomic mass is 9.96. The maximum Gasteiger partial charge on any atom is 0.170 e.